The Morgan fingerprint density at radius 2 is 2.05 bits per heavy atom. The first-order valence-corrected chi connectivity index (χ1v) is 8.84. The van der Waals surface area contributed by atoms with Gasteiger partial charge < -0.3 is 10.1 Å². The minimum Gasteiger partial charge on any atom is -0.375 e. The summed E-state index contributed by atoms with van der Waals surface area (Å²) in [6.07, 6.45) is 7.57. The number of fused-ring (bicyclic) bond motifs is 1. The molecule has 3 nitrogen and oxygen atoms in total. The first kappa shape index (κ1) is 14.5. The van der Waals surface area contributed by atoms with Gasteiger partial charge in [-0.05, 0) is 58.9 Å². The second-order valence-corrected chi connectivity index (χ2v) is 7.50. The van der Waals surface area contributed by atoms with E-state index in [2.05, 4.69) is 26.1 Å². The van der Waals surface area contributed by atoms with Crippen LogP contribution in [-0.2, 0) is 23.1 Å². The molecule has 2 heterocycles. The molecule has 1 saturated heterocycles. The van der Waals surface area contributed by atoms with Gasteiger partial charge in [-0.3, -0.25) is 0 Å². The first-order chi connectivity index (χ1) is 9.63. The molecule has 2 aliphatic rings. The molecule has 3 rings (SSSR count). The van der Waals surface area contributed by atoms with E-state index < -0.39 is 0 Å². The Balaban J connectivity index is 1.91. The van der Waals surface area contributed by atoms with Crippen LogP contribution in [0.15, 0.2) is 0 Å². The van der Waals surface area contributed by atoms with Crippen LogP contribution in [0.5, 0.6) is 0 Å². The molecule has 1 aromatic heterocycles. The van der Waals surface area contributed by atoms with E-state index in [0.717, 1.165) is 25.8 Å². The smallest absolute Gasteiger partial charge is 0.113 e. The zero-order valence-corrected chi connectivity index (χ0v) is 13.7. The largest absolute Gasteiger partial charge is 0.375 e. The second-order valence-electron chi connectivity index (χ2n) is 6.42. The number of nitrogens with one attached hydrogen (secondary N) is 1. The third-order valence-electron chi connectivity index (χ3n) is 4.45. The highest BCUT2D eigenvalue weighted by Crippen LogP contribution is 2.41. The Morgan fingerprint density at radius 1 is 1.30 bits per heavy atom. The van der Waals surface area contributed by atoms with Crippen LogP contribution in [0.25, 0.3) is 0 Å². The predicted octanol–water partition coefficient (Wildman–Crippen LogP) is 3.41. The summed E-state index contributed by atoms with van der Waals surface area (Å²) in [5.41, 5.74) is 1.41. The van der Waals surface area contributed by atoms with Gasteiger partial charge in [0.2, 0.25) is 0 Å². The molecule has 20 heavy (non-hydrogen) atoms. The van der Waals surface area contributed by atoms with Crippen LogP contribution in [0.2, 0.25) is 0 Å². The summed E-state index contributed by atoms with van der Waals surface area (Å²) < 4.78 is 5.96. The van der Waals surface area contributed by atoms with E-state index in [1.807, 2.05) is 11.3 Å². The minimum atomic E-state index is 0.0437. The maximum absolute atomic E-state index is 5.96. The Labute approximate surface area is 126 Å². The monoisotopic (exact) mass is 294 g/mol. The van der Waals surface area contributed by atoms with Crippen molar-refractivity contribution < 1.29 is 4.74 Å². The molecule has 4 heteroatoms. The van der Waals surface area contributed by atoms with E-state index in [-0.39, 0.29) is 5.54 Å². The number of aryl methyl sites for hydroxylation is 2. The van der Waals surface area contributed by atoms with Crippen molar-refractivity contribution in [2.45, 2.75) is 77.0 Å². The lowest BCUT2D eigenvalue weighted by atomic mass is 9.84. The molecular weight excluding hydrogens is 268 g/mol. The van der Waals surface area contributed by atoms with Crippen LogP contribution in [0.1, 0.15) is 62.0 Å². The third-order valence-corrected chi connectivity index (χ3v) is 5.82. The number of hydrogen-bond acceptors (Lipinski definition) is 4. The molecule has 2 atom stereocenters. The van der Waals surface area contributed by atoms with Crippen LogP contribution in [-0.4, -0.2) is 23.7 Å². The molecule has 1 aliphatic carbocycles. The van der Waals surface area contributed by atoms with Gasteiger partial charge in [-0.15, -0.1) is 11.3 Å². The van der Waals surface area contributed by atoms with Gasteiger partial charge in [0.25, 0.3) is 0 Å². The van der Waals surface area contributed by atoms with Gasteiger partial charge in [-0.2, -0.15) is 0 Å². The van der Waals surface area contributed by atoms with Crippen molar-refractivity contribution in [3.8, 4) is 0 Å². The molecule has 1 aromatic rings. The SMILES string of the molecule is CCCNC1(c2nc3c(s2)CCC3)CC(C)OC(C)C1. The van der Waals surface area contributed by atoms with E-state index in [9.17, 15) is 0 Å². The van der Waals surface area contributed by atoms with Crippen molar-refractivity contribution in [1.29, 1.82) is 0 Å². The maximum atomic E-state index is 5.96. The van der Waals surface area contributed by atoms with Crippen molar-refractivity contribution in [3.05, 3.63) is 15.6 Å². The molecule has 0 aromatic carbocycles. The Kier molecular flexibility index (Phi) is 4.16. The number of aromatic nitrogens is 1. The van der Waals surface area contributed by atoms with Gasteiger partial charge >= 0.3 is 0 Å². The van der Waals surface area contributed by atoms with Crippen LogP contribution >= 0.6 is 11.3 Å². The predicted molar refractivity (Wildman–Crippen MR) is 83.4 cm³/mol. The summed E-state index contributed by atoms with van der Waals surface area (Å²) in [5, 5.41) is 5.14. The zero-order chi connectivity index (χ0) is 14.2. The van der Waals surface area contributed by atoms with Gasteiger partial charge in [0.05, 0.1) is 23.4 Å². The molecule has 0 bridgehead atoms. The maximum Gasteiger partial charge on any atom is 0.113 e. The van der Waals surface area contributed by atoms with Crippen LogP contribution in [0.3, 0.4) is 0 Å². The first-order valence-electron chi connectivity index (χ1n) is 8.02. The van der Waals surface area contributed by atoms with E-state index in [1.54, 1.807) is 0 Å². The van der Waals surface area contributed by atoms with Crippen molar-refractivity contribution in [2.75, 3.05) is 6.54 Å². The van der Waals surface area contributed by atoms with Crippen molar-refractivity contribution in [1.82, 2.24) is 10.3 Å². The fourth-order valence-corrected chi connectivity index (χ4v) is 5.05. The van der Waals surface area contributed by atoms with E-state index in [4.69, 9.17) is 9.72 Å². The molecule has 112 valence electrons. The summed E-state index contributed by atoms with van der Waals surface area (Å²) in [6, 6.07) is 0. The van der Waals surface area contributed by atoms with Crippen molar-refractivity contribution in [2.24, 2.45) is 0 Å². The normalized spacial score (nSPS) is 33.4. The summed E-state index contributed by atoms with van der Waals surface area (Å²) >= 11 is 1.95. The molecule has 0 radical (unpaired) electrons. The van der Waals surface area contributed by atoms with Gasteiger partial charge in [0, 0.05) is 4.88 Å². The molecule has 0 saturated carbocycles. The van der Waals surface area contributed by atoms with Gasteiger partial charge in [-0.25, -0.2) is 4.98 Å². The highest BCUT2D eigenvalue weighted by Gasteiger charge is 2.42. The summed E-state index contributed by atoms with van der Waals surface area (Å²) in [7, 11) is 0. The fourth-order valence-electron chi connectivity index (χ4n) is 3.71. The molecule has 0 spiro atoms. The van der Waals surface area contributed by atoms with Crippen LogP contribution < -0.4 is 5.32 Å². The molecule has 1 aliphatic heterocycles. The fraction of sp³-hybridized carbons (Fsp3) is 0.812. The molecule has 2 unspecified atom stereocenters. The Hall–Kier alpha value is -0.450. The molecule has 1 N–H and O–H groups in total. The zero-order valence-electron chi connectivity index (χ0n) is 12.9. The van der Waals surface area contributed by atoms with Crippen LogP contribution in [0, 0.1) is 0 Å². The number of rotatable bonds is 4. The Bertz CT molecular complexity index is 440. The third kappa shape index (κ3) is 2.66. The number of hydrogen-bond donors (Lipinski definition) is 1. The lowest BCUT2D eigenvalue weighted by Gasteiger charge is -2.42. The summed E-state index contributed by atoms with van der Waals surface area (Å²) in [5.74, 6) is 0. The van der Waals surface area contributed by atoms with Crippen LogP contribution in [0.4, 0.5) is 0 Å². The van der Waals surface area contributed by atoms with Gasteiger partial charge in [-0.1, -0.05) is 6.92 Å². The average Bonchev–Trinajstić information content (AvgIpc) is 2.96. The average molecular weight is 294 g/mol. The Morgan fingerprint density at radius 3 is 2.70 bits per heavy atom. The second kappa shape index (κ2) is 5.74. The minimum absolute atomic E-state index is 0.0437. The standard InChI is InChI=1S/C16H26N2OS/c1-4-8-17-16(9-11(2)19-12(3)10-16)15-18-13-6-5-7-14(13)20-15/h11-12,17H,4-10H2,1-3H3. The van der Waals surface area contributed by atoms with E-state index >= 15 is 0 Å². The molecule has 0 amide bonds. The topological polar surface area (TPSA) is 34.2 Å². The van der Waals surface area contributed by atoms with Gasteiger partial charge in [0.1, 0.15) is 5.01 Å². The van der Waals surface area contributed by atoms with E-state index in [0.29, 0.717) is 12.2 Å². The number of thiazole rings is 1. The highest BCUT2D eigenvalue weighted by molar-refractivity contribution is 7.12. The highest BCUT2D eigenvalue weighted by atomic mass is 32.1. The quantitative estimate of drug-likeness (QED) is 0.924. The summed E-state index contributed by atoms with van der Waals surface area (Å²) in [4.78, 5) is 6.54. The number of ether oxygens (including phenoxy) is 1. The van der Waals surface area contributed by atoms with Crippen molar-refractivity contribution in [3.63, 3.8) is 0 Å². The summed E-state index contributed by atoms with van der Waals surface area (Å²) in [6.45, 7) is 7.68. The van der Waals surface area contributed by atoms with E-state index in [1.165, 1.54) is 34.8 Å². The number of nitrogens with zero attached hydrogens (tertiary/aromatic N) is 1. The molecular formula is C16H26N2OS. The van der Waals surface area contributed by atoms with Gasteiger partial charge in [0.15, 0.2) is 0 Å². The lowest BCUT2D eigenvalue weighted by molar-refractivity contribution is -0.0712. The lowest BCUT2D eigenvalue weighted by Crippen LogP contribution is -2.51. The van der Waals surface area contributed by atoms with Crippen molar-refractivity contribution >= 4 is 11.3 Å². The molecule has 1 fully saturated rings.